The maximum atomic E-state index is 12.7. The fraction of sp³-hybridized carbons (Fsp3) is 0.312. The number of alkyl halides is 3. The van der Waals surface area contributed by atoms with Gasteiger partial charge < -0.3 is 4.74 Å². The average molecular weight is 340 g/mol. The number of hydrogen-bond acceptors (Lipinski definition) is 4. The molecule has 0 unspecified atom stereocenters. The average Bonchev–Trinajstić information content (AvgIpc) is 2.55. The Hall–Kier alpha value is -2.64. The number of aldehydes is 1. The third-order valence-corrected chi connectivity index (χ3v) is 3.29. The third kappa shape index (κ3) is 4.21. The molecule has 2 rings (SSSR count). The Kier molecular flexibility index (Phi) is 5.38. The van der Waals surface area contributed by atoms with Crippen molar-refractivity contribution in [1.82, 2.24) is 9.55 Å². The van der Waals surface area contributed by atoms with Gasteiger partial charge in [0.15, 0.2) is 5.69 Å². The molecule has 0 amide bonds. The minimum absolute atomic E-state index is 0.0507. The van der Waals surface area contributed by atoms with Gasteiger partial charge in [-0.3, -0.25) is 14.2 Å². The van der Waals surface area contributed by atoms with E-state index in [-0.39, 0.29) is 25.4 Å². The van der Waals surface area contributed by atoms with Crippen LogP contribution in [0, 0.1) is 0 Å². The van der Waals surface area contributed by atoms with Crippen molar-refractivity contribution in [3.63, 3.8) is 0 Å². The van der Waals surface area contributed by atoms with Crippen molar-refractivity contribution in [3.05, 3.63) is 57.8 Å². The van der Waals surface area contributed by atoms with Gasteiger partial charge in [-0.2, -0.15) is 13.2 Å². The molecule has 0 radical (unpaired) electrons. The van der Waals surface area contributed by atoms with Crippen molar-refractivity contribution in [2.75, 3.05) is 6.61 Å². The smallest absolute Gasteiger partial charge is 0.433 e. The second-order valence-corrected chi connectivity index (χ2v) is 4.93. The SMILES string of the molecule is CCc1nc(C(F)(F)F)cc(=O)n1CCOc1ccc(C=O)cc1. The Balaban J connectivity index is 2.11. The van der Waals surface area contributed by atoms with Crippen molar-refractivity contribution in [2.24, 2.45) is 0 Å². The quantitative estimate of drug-likeness (QED) is 0.759. The number of nitrogens with zero attached hydrogens (tertiary/aromatic N) is 2. The van der Waals surface area contributed by atoms with Gasteiger partial charge >= 0.3 is 6.18 Å². The maximum absolute atomic E-state index is 12.7. The van der Waals surface area contributed by atoms with E-state index < -0.39 is 17.4 Å². The van der Waals surface area contributed by atoms with Crippen LogP contribution >= 0.6 is 0 Å². The summed E-state index contributed by atoms with van der Waals surface area (Å²) in [6, 6.07) is 6.83. The molecule has 0 saturated heterocycles. The van der Waals surface area contributed by atoms with Crippen LogP contribution in [0.25, 0.3) is 0 Å². The van der Waals surface area contributed by atoms with Crippen LogP contribution in [0.2, 0.25) is 0 Å². The molecule has 1 aromatic carbocycles. The van der Waals surface area contributed by atoms with Crippen LogP contribution in [0.1, 0.15) is 28.8 Å². The number of ether oxygens (including phenoxy) is 1. The third-order valence-electron chi connectivity index (χ3n) is 3.29. The summed E-state index contributed by atoms with van der Waals surface area (Å²) >= 11 is 0. The maximum Gasteiger partial charge on any atom is 0.433 e. The van der Waals surface area contributed by atoms with E-state index in [1.54, 1.807) is 31.2 Å². The summed E-state index contributed by atoms with van der Waals surface area (Å²) in [6.07, 6.45) is -3.77. The molecule has 5 nitrogen and oxygen atoms in total. The molecule has 1 aromatic heterocycles. The zero-order valence-electron chi connectivity index (χ0n) is 12.8. The topological polar surface area (TPSA) is 61.2 Å². The summed E-state index contributed by atoms with van der Waals surface area (Å²) in [5.74, 6) is 0.543. The second kappa shape index (κ2) is 7.29. The molecule has 0 saturated carbocycles. The van der Waals surface area contributed by atoms with Crippen LogP contribution in [0.3, 0.4) is 0 Å². The minimum atomic E-state index is -4.65. The van der Waals surface area contributed by atoms with Gasteiger partial charge in [-0.15, -0.1) is 0 Å². The first-order chi connectivity index (χ1) is 11.3. The summed E-state index contributed by atoms with van der Waals surface area (Å²) < 4.78 is 44.7. The lowest BCUT2D eigenvalue weighted by atomic mass is 10.2. The first-order valence-electron chi connectivity index (χ1n) is 7.21. The molecule has 128 valence electrons. The van der Waals surface area contributed by atoms with Gasteiger partial charge in [0, 0.05) is 18.1 Å². The van der Waals surface area contributed by atoms with E-state index in [0.717, 1.165) is 4.57 Å². The number of benzene rings is 1. The van der Waals surface area contributed by atoms with Crippen LogP contribution in [-0.2, 0) is 19.1 Å². The second-order valence-electron chi connectivity index (χ2n) is 4.93. The molecule has 0 bridgehead atoms. The van der Waals surface area contributed by atoms with E-state index in [1.165, 1.54) is 0 Å². The molecule has 0 N–H and O–H groups in total. The normalized spacial score (nSPS) is 11.3. The molecule has 1 heterocycles. The van der Waals surface area contributed by atoms with Crippen molar-refractivity contribution >= 4 is 6.29 Å². The molecule has 2 aromatic rings. The monoisotopic (exact) mass is 340 g/mol. The van der Waals surface area contributed by atoms with Crippen LogP contribution in [0.15, 0.2) is 35.1 Å². The summed E-state index contributed by atoms with van der Waals surface area (Å²) in [6.45, 7) is 1.78. The molecule has 0 atom stereocenters. The van der Waals surface area contributed by atoms with E-state index in [4.69, 9.17) is 4.74 Å². The lowest BCUT2D eigenvalue weighted by molar-refractivity contribution is -0.141. The lowest BCUT2D eigenvalue weighted by Crippen LogP contribution is -2.29. The number of carbonyl (C=O) groups is 1. The summed E-state index contributed by atoms with van der Waals surface area (Å²) in [4.78, 5) is 26.0. The fourth-order valence-corrected chi connectivity index (χ4v) is 2.11. The van der Waals surface area contributed by atoms with Crippen molar-refractivity contribution in [1.29, 1.82) is 0 Å². The molecule has 0 spiro atoms. The van der Waals surface area contributed by atoms with Gasteiger partial charge in [-0.1, -0.05) is 6.92 Å². The van der Waals surface area contributed by atoms with Gasteiger partial charge in [0.25, 0.3) is 5.56 Å². The van der Waals surface area contributed by atoms with Crippen molar-refractivity contribution in [3.8, 4) is 5.75 Å². The Morgan fingerprint density at radius 2 is 1.92 bits per heavy atom. The van der Waals surface area contributed by atoms with Crippen molar-refractivity contribution in [2.45, 2.75) is 26.1 Å². The highest BCUT2D eigenvalue weighted by Crippen LogP contribution is 2.26. The summed E-state index contributed by atoms with van der Waals surface area (Å²) in [7, 11) is 0. The van der Waals surface area contributed by atoms with E-state index in [0.29, 0.717) is 23.7 Å². The zero-order valence-corrected chi connectivity index (χ0v) is 12.8. The number of hydrogen-bond donors (Lipinski definition) is 0. The standard InChI is InChI=1S/C16H15F3N2O3/c1-2-14-20-13(16(17,18)19)9-15(23)21(14)7-8-24-12-5-3-11(10-22)4-6-12/h3-6,9-10H,2,7-8H2,1H3. The first-order valence-corrected chi connectivity index (χ1v) is 7.21. The highest BCUT2D eigenvalue weighted by Gasteiger charge is 2.33. The van der Waals surface area contributed by atoms with Crippen LogP contribution in [0.5, 0.6) is 5.75 Å². The highest BCUT2D eigenvalue weighted by atomic mass is 19.4. The molecule has 0 fully saturated rings. The molecular formula is C16H15F3N2O3. The summed E-state index contributed by atoms with van der Waals surface area (Å²) in [5.41, 5.74) is -1.46. The first kappa shape index (κ1) is 17.7. The fourth-order valence-electron chi connectivity index (χ4n) is 2.11. The van der Waals surface area contributed by atoms with Gasteiger partial charge in [0.05, 0.1) is 6.54 Å². The Morgan fingerprint density at radius 1 is 1.25 bits per heavy atom. The van der Waals surface area contributed by atoms with Crippen LogP contribution < -0.4 is 10.3 Å². The van der Waals surface area contributed by atoms with Crippen LogP contribution in [0.4, 0.5) is 13.2 Å². The number of halogens is 3. The van der Waals surface area contributed by atoms with E-state index in [9.17, 15) is 22.8 Å². The minimum Gasteiger partial charge on any atom is -0.492 e. The molecule has 0 aliphatic carbocycles. The van der Waals surface area contributed by atoms with Gasteiger partial charge in [0.1, 0.15) is 24.5 Å². The molecule has 0 aliphatic rings. The van der Waals surface area contributed by atoms with Gasteiger partial charge in [0.2, 0.25) is 0 Å². The predicted molar refractivity (Wildman–Crippen MR) is 80.2 cm³/mol. The number of aryl methyl sites for hydroxylation is 1. The van der Waals surface area contributed by atoms with Crippen molar-refractivity contribution < 1.29 is 22.7 Å². The molecule has 24 heavy (non-hydrogen) atoms. The van der Waals surface area contributed by atoms with Gasteiger partial charge in [-0.05, 0) is 24.3 Å². The zero-order chi connectivity index (χ0) is 17.7. The lowest BCUT2D eigenvalue weighted by Gasteiger charge is -2.14. The predicted octanol–water partition coefficient (Wildman–Crippen LogP) is 2.72. The number of aromatic nitrogens is 2. The van der Waals surface area contributed by atoms with Crippen LogP contribution in [-0.4, -0.2) is 22.4 Å². The summed E-state index contributed by atoms with van der Waals surface area (Å²) in [5, 5.41) is 0. The Morgan fingerprint density at radius 3 is 2.46 bits per heavy atom. The van der Waals surface area contributed by atoms with Gasteiger partial charge in [-0.25, -0.2) is 4.98 Å². The molecule has 8 heteroatoms. The van der Waals surface area contributed by atoms with E-state index >= 15 is 0 Å². The van der Waals surface area contributed by atoms with E-state index in [2.05, 4.69) is 4.98 Å². The largest absolute Gasteiger partial charge is 0.492 e. The Labute approximate surface area is 135 Å². The molecular weight excluding hydrogens is 325 g/mol. The number of rotatable bonds is 6. The molecule has 0 aliphatic heterocycles. The van der Waals surface area contributed by atoms with E-state index in [1.807, 2.05) is 0 Å². The Bertz CT molecular complexity index is 768. The highest BCUT2D eigenvalue weighted by molar-refractivity contribution is 5.74. The number of carbonyl (C=O) groups excluding carboxylic acids is 1.